The second-order valence-corrected chi connectivity index (χ2v) is 3.99. The lowest BCUT2D eigenvalue weighted by atomic mass is 10.1. The first-order chi connectivity index (χ1) is 7.75. The van der Waals surface area contributed by atoms with Crippen molar-refractivity contribution in [2.45, 2.75) is 25.4 Å². The number of nitrogen functional groups attached to an aromatic ring is 1. The summed E-state index contributed by atoms with van der Waals surface area (Å²) < 4.78 is 24.2. The molecule has 3 nitrogen and oxygen atoms in total. The molecule has 16 heavy (non-hydrogen) atoms. The molecule has 0 radical (unpaired) electrons. The van der Waals surface area contributed by atoms with Gasteiger partial charge in [-0.25, -0.2) is 4.39 Å². The molecule has 2 rings (SSSR count). The zero-order valence-electron chi connectivity index (χ0n) is 9.12. The van der Waals surface area contributed by atoms with E-state index in [1.54, 1.807) is 12.1 Å². The van der Waals surface area contributed by atoms with Crippen LogP contribution < -0.4 is 10.5 Å². The topological polar surface area (TPSA) is 44.5 Å². The van der Waals surface area contributed by atoms with Crippen LogP contribution in [0.25, 0.3) is 0 Å². The summed E-state index contributed by atoms with van der Waals surface area (Å²) in [4.78, 5) is 0. The van der Waals surface area contributed by atoms with Gasteiger partial charge >= 0.3 is 0 Å². The molecule has 0 unspecified atom stereocenters. The minimum atomic E-state index is -0.421. The van der Waals surface area contributed by atoms with Gasteiger partial charge in [0.2, 0.25) is 0 Å². The number of benzene rings is 1. The number of nitrogens with two attached hydrogens (primary N) is 1. The lowest BCUT2D eigenvalue weighted by molar-refractivity contribution is -0.0117. The fourth-order valence-electron chi connectivity index (χ4n) is 1.76. The minimum Gasteiger partial charge on any atom is -0.488 e. The van der Waals surface area contributed by atoms with Crippen molar-refractivity contribution in [2.75, 3.05) is 18.9 Å². The van der Waals surface area contributed by atoms with Gasteiger partial charge in [0, 0.05) is 18.4 Å². The van der Waals surface area contributed by atoms with Crippen molar-refractivity contribution in [2.24, 2.45) is 0 Å². The SMILES string of the molecule is Nc1ccc(OC[C@H]2CCCCO2)c(F)c1. The molecular weight excluding hydrogens is 209 g/mol. The smallest absolute Gasteiger partial charge is 0.167 e. The van der Waals surface area contributed by atoms with Gasteiger partial charge < -0.3 is 15.2 Å². The summed E-state index contributed by atoms with van der Waals surface area (Å²) in [5.74, 6) is -0.181. The van der Waals surface area contributed by atoms with Crippen molar-refractivity contribution in [3.8, 4) is 5.75 Å². The van der Waals surface area contributed by atoms with Crippen LogP contribution in [0.3, 0.4) is 0 Å². The highest BCUT2D eigenvalue weighted by Gasteiger charge is 2.15. The maximum absolute atomic E-state index is 13.4. The molecule has 1 aromatic rings. The van der Waals surface area contributed by atoms with Crippen molar-refractivity contribution in [1.82, 2.24) is 0 Å². The number of rotatable bonds is 3. The average Bonchev–Trinajstić information content (AvgIpc) is 2.29. The molecule has 1 aliphatic rings. The molecule has 0 saturated carbocycles. The van der Waals surface area contributed by atoms with Gasteiger partial charge in [-0.2, -0.15) is 0 Å². The molecule has 0 bridgehead atoms. The number of ether oxygens (including phenoxy) is 2. The van der Waals surface area contributed by atoms with E-state index in [1.165, 1.54) is 6.07 Å². The number of hydrogen-bond acceptors (Lipinski definition) is 3. The first kappa shape index (κ1) is 11.2. The van der Waals surface area contributed by atoms with E-state index in [0.717, 1.165) is 25.9 Å². The Kier molecular flexibility index (Phi) is 3.62. The molecule has 0 amide bonds. The quantitative estimate of drug-likeness (QED) is 0.803. The van der Waals surface area contributed by atoms with E-state index in [0.29, 0.717) is 12.3 Å². The number of anilines is 1. The fourth-order valence-corrected chi connectivity index (χ4v) is 1.76. The van der Waals surface area contributed by atoms with E-state index in [2.05, 4.69) is 0 Å². The minimum absolute atomic E-state index is 0.0886. The van der Waals surface area contributed by atoms with Crippen LogP contribution in [0.15, 0.2) is 18.2 Å². The predicted molar refractivity (Wildman–Crippen MR) is 59.9 cm³/mol. The summed E-state index contributed by atoms with van der Waals surface area (Å²) in [6.07, 6.45) is 3.33. The van der Waals surface area contributed by atoms with Crippen molar-refractivity contribution in [3.05, 3.63) is 24.0 Å². The highest BCUT2D eigenvalue weighted by atomic mass is 19.1. The van der Waals surface area contributed by atoms with E-state index in [9.17, 15) is 4.39 Å². The fraction of sp³-hybridized carbons (Fsp3) is 0.500. The van der Waals surface area contributed by atoms with Crippen LogP contribution >= 0.6 is 0 Å². The summed E-state index contributed by atoms with van der Waals surface area (Å²) in [5.41, 5.74) is 5.85. The molecule has 1 fully saturated rings. The maximum atomic E-state index is 13.4. The first-order valence-electron chi connectivity index (χ1n) is 5.55. The second kappa shape index (κ2) is 5.16. The normalized spacial score (nSPS) is 20.7. The molecule has 4 heteroatoms. The average molecular weight is 225 g/mol. The Morgan fingerprint density at radius 3 is 3.00 bits per heavy atom. The van der Waals surface area contributed by atoms with Crippen LogP contribution in [-0.4, -0.2) is 19.3 Å². The van der Waals surface area contributed by atoms with Crippen LogP contribution in [0.2, 0.25) is 0 Å². The molecule has 0 spiro atoms. The Labute approximate surface area is 94.3 Å². The molecule has 0 aromatic heterocycles. The van der Waals surface area contributed by atoms with Crippen molar-refractivity contribution in [1.29, 1.82) is 0 Å². The standard InChI is InChI=1S/C12H16FNO2/c13-11-7-9(14)4-5-12(11)16-8-10-3-1-2-6-15-10/h4-5,7,10H,1-3,6,8,14H2/t10-/m1/s1. The van der Waals surface area contributed by atoms with Gasteiger partial charge in [-0.1, -0.05) is 0 Å². The van der Waals surface area contributed by atoms with Crippen molar-refractivity contribution < 1.29 is 13.9 Å². The molecule has 88 valence electrons. The second-order valence-electron chi connectivity index (χ2n) is 3.99. The molecule has 1 aromatic carbocycles. The van der Waals surface area contributed by atoms with Gasteiger partial charge in [0.15, 0.2) is 11.6 Å². The summed E-state index contributed by atoms with van der Waals surface area (Å²) in [6, 6.07) is 4.44. The third kappa shape index (κ3) is 2.85. The van der Waals surface area contributed by atoms with Crippen molar-refractivity contribution in [3.63, 3.8) is 0 Å². The van der Waals surface area contributed by atoms with Crippen LogP contribution in [0, 0.1) is 5.82 Å². The summed E-state index contributed by atoms with van der Waals surface area (Å²) >= 11 is 0. The largest absolute Gasteiger partial charge is 0.488 e. The van der Waals surface area contributed by atoms with Crippen LogP contribution in [0.5, 0.6) is 5.75 Å². The van der Waals surface area contributed by atoms with E-state index in [4.69, 9.17) is 15.2 Å². The Morgan fingerprint density at radius 2 is 2.31 bits per heavy atom. The summed E-state index contributed by atoms with van der Waals surface area (Å²) in [7, 11) is 0. The molecule has 2 N–H and O–H groups in total. The molecule has 1 aliphatic heterocycles. The van der Waals surface area contributed by atoms with Gasteiger partial charge in [-0.3, -0.25) is 0 Å². The van der Waals surface area contributed by atoms with Gasteiger partial charge in [-0.15, -0.1) is 0 Å². The first-order valence-corrected chi connectivity index (χ1v) is 5.55. The Balaban J connectivity index is 1.88. The Hall–Kier alpha value is -1.29. The molecule has 1 atom stereocenters. The van der Waals surface area contributed by atoms with Gasteiger partial charge in [-0.05, 0) is 31.4 Å². The highest BCUT2D eigenvalue weighted by molar-refractivity contribution is 5.42. The van der Waals surface area contributed by atoms with E-state index < -0.39 is 5.82 Å². The van der Waals surface area contributed by atoms with E-state index >= 15 is 0 Å². The lowest BCUT2D eigenvalue weighted by Gasteiger charge is -2.22. The van der Waals surface area contributed by atoms with Crippen LogP contribution in [0.4, 0.5) is 10.1 Å². The van der Waals surface area contributed by atoms with Crippen molar-refractivity contribution >= 4 is 5.69 Å². The predicted octanol–water partition coefficient (Wildman–Crippen LogP) is 2.36. The van der Waals surface area contributed by atoms with Crippen LogP contribution in [-0.2, 0) is 4.74 Å². The molecule has 1 saturated heterocycles. The van der Waals surface area contributed by atoms with Gasteiger partial charge in [0.05, 0.1) is 6.10 Å². The third-order valence-electron chi connectivity index (χ3n) is 2.65. The molecule has 1 heterocycles. The molecular formula is C12H16FNO2. The summed E-state index contributed by atoms with van der Waals surface area (Å²) in [6.45, 7) is 1.18. The Morgan fingerprint density at radius 1 is 1.44 bits per heavy atom. The Bertz CT molecular complexity index is 351. The summed E-state index contributed by atoms with van der Waals surface area (Å²) in [5, 5.41) is 0. The monoisotopic (exact) mass is 225 g/mol. The highest BCUT2D eigenvalue weighted by Crippen LogP contribution is 2.21. The van der Waals surface area contributed by atoms with E-state index in [1.807, 2.05) is 0 Å². The van der Waals surface area contributed by atoms with E-state index in [-0.39, 0.29) is 11.9 Å². The number of hydrogen-bond donors (Lipinski definition) is 1. The zero-order valence-corrected chi connectivity index (χ0v) is 9.12. The number of halogens is 1. The van der Waals surface area contributed by atoms with Gasteiger partial charge in [0.1, 0.15) is 6.61 Å². The van der Waals surface area contributed by atoms with Crippen LogP contribution in [0.1, 0.15) is 19.3 Å². The maximum Gasteiger partial charge on any atom is 0.167 e. The molecule has 0 aliphatic carbocycles. The van der Waals surface area contributed by atoms with Gasteiger partial charge in [0.25, 0.3) is 0 Å². The third-order valence-corrected chi connectivity index (χ3v) is 2.65. The lowest BCUT2D eigenvalue weighted by Crippen LogP contribution is -2.25. The zero-order chi connectivity index (χ0) is 11.4.